The molecule has 0 aromatic rings. The highest BCUT2D eigenvalue weighted by atomic mass is 19.1. The first kappa shape index (κ1) is 16.4. The Morgan fingerprint density at radius 2 is 2.00 bits per heavy atom. The third kappa shape index (κ3) is 2.50. The van der Waals surface area contributed by atoms with Crippen molar-refractivity contribution in [2.75, 3.05) is 7.11 Å². The van der Waals surface area contributed by atoms with Crippen molar-refractivity contribution in [1.29, 1.82) is 0 Å². The van der Waals surface area contributed by atoms with Gasteiger partial charge in [0.05, 0.1) is 18.8 Å². The number of hydrogen-bond donors (Lipinski definition) is 0. The molecule has 1 saturated carbocycles. The number of carbonyl (C=O) groups excluding carboxylic acids is 2. The minimum absolute atomic E-state index is 0.0407. The highest BCUT2D eigenvalue weighted by Crippen LogP contribution is 2.59. The topological polar surface area (TPSA) is 52.6 Å². The molecule has 0 N–H and O–H groups in total. The average molecular weight is 300 g/mol. The fourth-order valence-corrected chi connectivity index (χ4v) is 3.90. The lowest BCUT2D eigenvalue weighted by molar-refractivity contribution is -0.222. The van der Waals surface area contributed by atoms with Crippen LogP contribution in [-0.2, 0) is 19.1 Å². The molecule has 0 spiro atoms. The van der Waals surface area contributed by atoms with E-state index in [4.69, 9.17) is 4.74 Å². The maximum atomic E-state index is 14.8. The van der Waals surface area contributed by atoms with Crippen molar-refractivity contribution in [3.8, 4) is 0 Å². The van der Waals surface area contributed by atoms with Gasteiger partial charge in [-0.25, -0.2) is 9.18 Å². The summed E-state index contributed by atoms with van der Waals surface area (Å²) in [5.74, 6) is -1.90. The summed E-state index contributed by atoms with van der Waals surface area (Å²) in [5, 5.41) is 0. The first-order valence-corrected chi connectivity index (χ1v) is 7.57. The monoisotopic (exact) mass is 300 g/mol. The molecule has 2 aliphatic rings. The predicted molar refractivity (Wildman–Crippen MR) is 75.5 cm³/mol. The number of esters is 1. The zero-order valence-corrected chi connectivity index (χ0v) is 13.4. The number of carbonyl (C=O) groups is 2. The van der Waals surface area contributed by atoms with Crippen molar-refractivity contribution in [3.63, 3.8) is 0 Å². The molecule has 2 rings (SSSR count). The summed E-state index contributed by atoms with van der Waals surface area (Å²) in [4.78, 5) is 22.9. The van der Waals surface area contributed by atoms with E-state index < -0.39 is 24.0 Å². The number of ketones is 1. The van der Waals surface area contributed by atoms with Gasteiger partial charge in [-0.05, 0) is 31.1 Å². The van der Waals surface area contributed by atoms with Crippen molar-refractivity contribution in [2.45, 2.75) is 64.8 Å². The van der Waals surface area contributed by atoms with Gasteiger partial charge < -0.3 is 9.47 Å². The second-order valence-electron chi connectivity index (χ2n) is 7.22. The SMILES string of the molecule is COC(=O)C(=O)C[C@H](C)[C@@H]1O[C@]2(C)CC[C@H]([C@H]1F)C2(C)C. The number of Topliss-reactive ketones (excluding diaryl/α,β-unsaturated/α-hetero) is 1. The van der Waals surface area contributed by atoms with E-state index in [-0.39, 0.29) is 29.3 Å². The number of alkyl halides is 1. The van der Waals surface area contributed by atoms with E-state index >= 15 is 0 Å². The molecule has 21 heavy (non-hydrogen) atoms. The predicted octanol–water partition coefficient (Wildman–Crippen LogP) is 2.69. The molecule has 5 atom stereocenters. The molecule has 5 heteroatoms. The number of ether oxygens (including phenoxy) is 2. The number of halogens is 1. The number of methoxy groups -OCH3 is 1. The molecular weight excluding hydrogens is 275 g/mol. The zero-order chi connectivity index (χ0) is 16.0. The van der Waals surface area contributed by atoms with Gasteiger partial charge in [0.15, 0.2) is 0 Å². The van der Waals surface area contributed by atoms with Gasteiger partial charge in [-0.1, -0.05) is 20.8 Å². The lowest BCUT2D eigenvalue weighted by Crippen LogP contribution is -2.57. The fraction of sp³-hybridized carbons (Fsp3) is 0.875. The van der Waals surface area contributed by atoms with Crippen molar-refractivity contribution in [2.24, 2.45) is 17.3 Å². The smallest absolute Gasteiger partial charge is 0.374 e. The van der Waals surface area contributed by atoms with E-state index in [1.54, 1.807) is 6.92 Å². The molecular formula is C16H25FO4. The van der Waals surface area contributed by atoms with Crippen LogP contribution in [0.1, 0.15) is 47.0 Å². The van der Waals surface area contributed by atoms with Crippen molar-refractivity contribution in [3.05, 3.63) is 0 Å². The first-order chi connectivity index (χ1) is 9.64. The van der Waals surface area contributed by atoms with Gasteiger partial charge in [-0.2, -0.15) is 0 Å². The Labute approximate surface area is 125 Å². The molecule has 1 aliphatic carbocycles. The highest BCUT2D eigenvalue weighted by molar-refractivity contribution is 6.33. The van der Waals surface area contributed by atoms with E-state index in [1.807, 2.05) is 6.92 Å². The van der Waals surface area contributed by atoms with Crippen LogP contribution in [0.15, 0.2) is 0 Å². The summed E-state index contributed by atoms with van der Waals surface area (Å²) in [7, 11) is 1.17. The van der Waals surface area contributed by atoms with Gasteiger partial charge in [-0.15, -0.1) is 0 Å². The second kappa shape index (κ2) is 5.34. The Hall–Kier alpha value is -0.970. The summed E-state index contributed by atoms with van der Waals surface area (Å²) in [6, 6.07) is 0. The molecule has 4 nitrogen and oxygen atoms in total. The van der Waals surface area contributed by atoms with Crippen LogP contribution in [0.2, 0.25) is 0 Å². The fourth-order valence-electron chi connectivity index (χ4n) is 3.90. The van der Waals surface area contributed by atoms with Crippen molar-refractivity contribution in [1.82, 2.24) is 0 Å². The second-order valence-corrected chi connectivity index (χ2v) is 7.22. The largest absolute Gasteiger partial charge is 0.463 e. The molecule has 0 radical (unpaired) electrons. The summed E-state index contributed by atoms with van der Waals surface area (Å²) >= 11 is 0. The Kier molecular flexibility index (Phi) is 4.17. The Morgan fingerprint density at radius 3 is 2.57 bits per heavy atom. The number of rotatable bonds is 4. The molecule has 2 fully saturated rings. The number of hydrogen-bond acceptors (Lipinski definition) is 4. The minimum Gasteiger partial charge on any atom is -0.463 e. The zero-order valence-electron chi connectivity index (χ0n) is 13.4. The molecule has 0 amide bonds. The average Bonchev–Trinajstić information content (AvgIpc) is 2.55. The van der Waals surface area contributed by atoms with Gasteiger partial charge in [0.25, 0.3) is 0 Å². The summed E-state index contributed by atoms with van der Waals surface area (Å²) < 4.78 is 25.3. The minimum atomic E-state index is -1.10. The van der Waals surface area contributed by atoms with Crippen molar-refractivity contribution < 1.29 is 23.5 Å². The lowest BCUT2D eigenvalue weighted by Gasteiger charge is -2.51. The van der Waals surface area contributed by atoms with Crippen LogP contribution in [0.5, 0.6) is 0 Å². The van der Waals surface area contributed by atoms with Gasteiger partial charge in [-0.3, -0.25) is 4.79 Å². The molecule has 0 aromatic heterocycles. The van der Waals surface area contributed by atoms with Crippen LogP contribution < -0.4 is 0 Å². The van der Waals surface area contributed by atoms with E-state index in [1.165, 1.54) is 7.11 Å². The normalized spacial score (nSPS) is 38.9. The molecule has 1 heterocycles. The van der Waals surface area contributed by atoms with E-state index in [2.05, 4.69) is 18.6 Å². The Bertz CT molecular complexity index is 448. The van der Waals surface area contributed by atoms with Gasteiger partial charge in [0.1, 0.15) is 6.17 Å². The molecule has 1 saturated heterocycles. The quantitative estimate of drug-likeness (QED) is 0.591. The van der Waals surface area contributed by atoms with Crippen LogP contribution in [0, 0.1) is 17.3 Å². The standard InChI is InChI=1S/C16H25FO4/c1-9(8-11(18)14(19)20-5)13-12(17)10-6-7-16(4,21-13)15(10,2)3/h9-10,12-13H,6-8H2,1-5H3/t9-,10+,12+,13-,16+/m0/s1. The summed E-state index contributed by atoms with van der Waals surface area (Å²) in [6.07, 6.45) is -0.140. The van der Waals surface area contributed by atoms with Crippen LogP contribution in [0.4, 0.5) is 4.39 Å². The van der Waals surface area contributed by atoms with Crippen molar-refractivity contribution >= 4 is 11.8 Å². The number of fused-ring (bicyclic) bond motifs is 2. The van der Waals surface area contributed by atoms with Crippen LogP contribution in [0.25, 0.3) is 0 Å². The van der Waals surface area contributed by atoms with Gasteiger partial charge in [0.2, 0.25) is 5.78 Å². The molecule has 120 valence electrons. The lowest BCUT2D eigenvalue weighted by atomic mass is 9.67. The Balaban J connectivity index is 2.12. The van der Waals surface area contributed by atoms with Crippen LogP contribution >= 0.6 is 0 Å². The van der Waals surface area contributed by atoms with Gasteiger partial charge in [0, 0.05) is 12.3 Å². The maximum absolute atomic E-state index is 14.8. The molecule has 0 aromatic carbocycles. The van der Waals surface area contributed by atoms with E-state index in [0.717, 1.165) is 12.8 Å². The molecule has 1 aliphatic heterocycles. The Morgan fingerprint density at radius 1 is 1.38 bits per heavy atom. The van der Waals surface area contributed by atoms with E-state index in [9.17, 15) is 14.0 Å². The van der Waals surface area contributed by atoms with Gasteiger partial charge >= 0.3 is 5.97 Å². The highest BCUT2D eigenvalue weighted by Gasteiger charge is 2.62. The summed E-state index contributed by atoms with van der Waals surface area (Å²) in [6.45, 7) is 7.90. The third-order valence-corrected chi connectivity index (χ3v) is 5.80. The van der Waals surface area contributed by atoms with Crippen LogP contribution in [-0.4, -0.2) is 36.7 Å². The first-order valence-electron chi connectivity index (χ1n) is 7.57. The molecule has 0 unspecified atom stereocenters. The van der Waals surface area contributed by atoms with Crippen LogP contribution in [0.3, 0.4) is 0 Å². The summed E-state index contributed by atoms with van der Waals surface area (Å²) in [5.41, 5.74) is -0.581. The van der Waals surface area contributed by atoms with E-state index in [0.29, 0.717) is 0 Å². The molecule has 2 bridgehead atoms. The third-order valence-electron chi connectivity index (χ3n) is 5.80. The maximum Gasteiger partial charge on any atom is 0.374 e.